The Morgan fingerprint density at radius 1 is 1.28 bits per heavy atom. The van der Waals surface area contributed by atoms with Crippen molar-refractivity contribution in [3.8, 4) is 0 Å². The van der Waals surface area contributed by atoms with E-state index >= 15 is 0 Å². The Hall–Kier alpha value is -1.23. The summed E-state index contributed by atoms with van der Waals surface area (Å²) in [5, 5.41) is 18.1. The van der Waals surface area contributed by atoms with Crippen molar-refractivity contribution in [3.63, 3.8) is 0 Å². The fourth-order valence-electron chi connectivity index (χ4n) is 2.42. The van der Waals surface area contributed by atoms with Crippen LogP contribution in [-0.4, -0.2) is 39.5 Å². The number of nitrogens with zero attached hydrogens (tertiary/aromatic N) is 4. The van der Waals surface area contributed by atoms with Gasteiger partial charge in [0, 0.05) is 19.0 Å². The van der Waals surface area contributed by atoms with Crippen molar-refractivity contribution in [1.29, 1.82) is 0 Å². The number of aryl methyl sites for hydroxylation is 2. The maximum atomic E-state index is 9.62. The number of aromatic nitrogens is 3. The summed E-state index contributed by atoms with van der Waals surface area (Å²) >= 11 is 0. The van der Waals surface area contributed by atoms with E-state index in [1.165, 1.54) is 0 Å². The van der Waals surface area contributed by atoms with E-state index < -0.39 is 0 Å². The summed E-state index contributed by atoms with van der Waals surface area (Å²) in [5.74, 6) is 1.04. The number of hydrogen-bond donors (Lipinski definition) is 1. The van der Waals surface area contributed by atoms with Gasteiger partial charge in [-0.3, -0.25) is 0 Å². The van der Waals surface area contributed by atoms with E-state index in [0.717, 1.165) is 43.7 Å². The molecule has 2 rings (SSSR count). The highest BCUT2D eigenvalue weighted by Crippen LogP contribution is 2.23. The maximum Gasteiger partial charge on any atom is 0.245 e. The molecule has 0 aromatic carbocycles. The first-order valence-corrected chi connectivity index (χ1v) is 6.81. The van der Waals surface area contributed by atoms with Gasteiger partial charge in [0.2, 0.25) is 5.95 Å². The number of hydrogen-bond acceptors (Lipinski definition) is 5. The predicted molar refractivity (Wildman–Crippen MR) is 70.6 cm³/mol. The van der Waals surface area contributed by atoms with Gasteiger partial charge in [0.1, 0.15) is 0 Å². The minimum Gasteiger partial charge on any atom is -0.393 e. The molecule has 1 saturated heterocycles. The zero-order valence-electron chi connectivity index (χ0n) is 11.4. The van der Waals surface area contributed by atoms with Gasteiger partial charge in [0.25, 0.3) is 0 Å². The van der Waals surface area contributed by atoms with Gasteiger partial charge in [-0.2, -0.15) is 5.10 Å². The minimum absolute atomic E-state index is 0.261. The highest BCUT2D eigenvalue weighted by Gasteiger charge is 2.28. The second-order valence-electron chi connectivity index (χ2n) is 4.95. The lowest BCUT2D eigenvalue weighted by molar-refractivity contribution is 0.136. The molecule has 0 radical (unpaired) electrons. The van der Waals surface area contributed by atoms with E-state index in [1.807, 2.05) is 6.92 Å². The van der Waals surface area contributed by atoms with E-state index in [4.69, 9.17) is 0 Å². The van der Waals surface area contributed by atoms with E-state index in [0.29, 0.717) is 11.9 Å². The Bertz CT molecular complexity index is 408. The number of aliphatic hydroxyl groups excluding tert-OH is 1. The first kappa shape index (κ1) is 13.2. The van der Waals surface area contributed by atoms with Crippen LogP contribution in [0.5, 0.6) is 0 Å². The molecule has 0 spiro atoms. The molecule has 0 bridgehead atoms. The third-order valence-corrected chi connectivity index (χ3v) is 3.69. The van der Waals surface area contributed by atoms with Crippen molar-refractivity contribution in [1.82, 2.24) is 15.2 Å². The standard InChI is InChI=1S/C13H22N4O/c1-4-11-12(5-2)15-16-13(14-11)17-7-6-10(8-17)9(3)18/h9-10,18H,4-8H2,1-3H3. The van der Waals surface area contributed by atoms with Gasteiger partial charge < -0.3 is 10.0 Å². The van der Waals surface area contributed by atoms with Gasteiger partial charge >= 0.3 is 0 Å². The lowest BCUT2D eigenvalue weighted by Crippen LogP contribution is -2.26. The van der Waals surface area contributed by atoms with Gasteiger partial charge in [-0.1, -0.05) is 13.8 Å². The van der Waals surface area contributed by atoms with Crippen LogP contribution in [0.1, 0.15) is 38.6 Å². The molecular formula is C13H22N4O. The third kappa shape index (κ3) is 2.61. The van der Waals surface area contributed by atoms with Crippen molar-refractivity contribution in [2.75, 3.05) is 18.0 Å². The summed E-state index contributed by atoms with van der Waals surface area (Å²) in [6, 6.07) is 0. The first-order chi connectivity index (χ1) is 8.65. The normalized spacial score (nSPS) is 21.3. The monoisotopic (exact) mass is 250 g/mol. The zero-order valence-corrected chi connectivity index (χ0v) is 11.4. The van der Waals surface area contributed by atoms with Crippen LogP contribution in [0.4, 0.5) is 5.95 Å². The lowest BCUT2D eigenvalue weighted by Gasteiger charge is -2.18. The van der Waals surface area contributed by atoms with Crippen molar-refractivity contribution in [2.45, 2.75) is 46.1 Å². The highest BCUT2D eigenvalue weighted by molar-refractivity contribution is 5.32. The van der Waals surface area contributed by atoms with Gasteiger partial charge in [-0.15, -0.1) is 5.10 Å². The van der Waals surface area contributed by atoms with E-state index in [2.05, 4.69) is 33.9 Å². The highest BCUT2D eigenvalue weighted by atomic mass is 16.3. The van der Waals surface area contributed by atoms with Crippen molar-refractivity contribution < 1.29 is 5.11 Å². The molecule has 0 amide bonds. The molecule has 18 heavy (non-hydrogen) atoms. The van der Waals surface area contributed by atoms with E-state index in [9.17, 15) is 5.11 Å². The number of anilines is 1. The molecule has 5 heteroatoms. The SMILES string of the molecule is CCc1nnc(N2CCC(C(C)O)C2)nc1CC. The average molecular weight is 250 g/mol. The molecule has 0 aliphatic carbocycles. The molecule has 2 heterocycles. The fourth-order valence-corrected chi connectivity index (χ4v) is 2.42. The predicted octanol–water partition coefficient (Wildman–Crippen LogP) is 1.20. The zero-order chi connectivity index (χ0) is 13.1. The van der Waals surface area contributed by atoms with Crippen LogP contribution in [0.2, 0.25) is 0 Å². The van der Waals surface area contributed by atoms with E-state index in [-0.39, 0.29) is 6.10 Å². The molecule has 2 atom stereocenters. The van der Waals surface area contributed by atoms with Crippen molar-refractivity contribution in [3.05, 3.63) is 11.4 Å². The van der Waals surface area contributed by atoms with Crippen molar-refractivity contribution >= 4 is 5.95 Å². The van der Waals surface area contributed by atoms with Gasteiger partial charge in [0.05, 0.1) is 17.5 Å². The minimum atomic E-state index is -0.261. The molecule has 1 N–H and O–H groups in total. The summed E-state index contributed by atoms with van der Waals surface area (Å²) in [7, 11) is 0. The first-order valence-electron chi connectivity index (χ1n) is 6.81. The molecular weight excluding hydrogens is 228 g/mol. The van der Waals surface area contributed by atoms with Crippen LogP contribution in [-0.2, 0) is 12.8 Å². The molecule has 1 aliphatic rings. The second kappa shape index (κ2) is 5.61. The lowest BCUT2D eigenvalue weighted by atomic mass is 10.0. The van der Waals surface area contributed by atoms with Crippen LogP contribution in [0.25, 0.3) is 0 Å². The maximum absolute atomic E-state index is 9.62. The van der Waals surface area contributed by atoms with Crippen LogP contribution >= 0.6 is 0 Å². The summed E-state index contributed by atoms with van der Waals surface area (Å²) in [6.45, 7) is 7.75. The quantitative estimate of drug-likeness (QED) is 0.870. The average Bonchev–Trinajstić information content (AvgIpc) is 2.87. The molecule has 100 valence electrons. The number of rotatable bonds is 4. The van der Waals surface area contributed by atoms with Crippen LogP contribution < -0.4 is 4.90 Å². The van der Waals surface area contributed by atoms with Gasteiger partial charge in [-0.25, -0.2) is 4.98 Å². The summed E-state index contributed by atoms with van der Waals surface area (Å²) in [6.07, 6.45) is 2.50. The summed E-state index contributed by atoms with van der Waals surface area (Å²) < 4.78 is 0. The van der Waals surface area contributed by atoms with Crippen molar-refractivity contribution in [2.24, 2.45) is 5.92 Å². The fraction of sp³-hybridized carbons (Fsp3) is 0.769. The Kier molecular flexibility index (Phi) is 4.11. The van der Waals surface area contributed by atoms with Gasteiger partial charge in [0.15, 0.2) is 0 Å². The van der Waals surface area contributed by atoms with Gasteiger partial charge in [-0.05, 0) is 26.2 Å². The van der Waals surface area contributed by atoms with E-state index in [1.54, 1.807) is 0 Å². The Morgan fingerprint density at radius 2 is 2.00 bits per heavy atom. The Morgan fingerprint density at radius 3 is 2.56 bits per heavy atom. The molecule has 1 fully saturated rings. The largest absolute Gasteiger partial charge is 0.393 e. The molecule has 2 unspecified atom stereocenters. The summed E-state index contributed by atoms with van der Waals surface area (Å²) in [4.78, 5) is 6.74. The van der Waals surface area contributed by atoms with Crippen LogP contribution in [0.3, 0.4) is 0 Å². The topological polar surface area (TPSA) is 62.1 Å². The molecule has 1 aromatic rings. The second-order valence-corrected chi connectivity index (χ2v) is 4.95. The molecule has 5 nitrogen and oxygen atoms in total. The molecule has 1 aliphatic heterocycles. The molecule has 1 aromatic heterocycles. The smallest absolute Gasteiger partial charge is 0.245 e. The van der Waals surface area contributed by atoms with Crippen LogP contribution in [0, 0.1) is 5.92 Å². The Balaban J connectivity index is 2.15. The summed E-state index contributed by atoms with van der Waals surface area (Å²) in [5.41, 5.74) is 2.04. The third-order valence-electron chi connectivity index (χ3n) is 3.69. The van der Waals surface area contributed by atoms with Crippen LogP contribution in [0.15, 0.2) is 0 Å². The Labute approximate surface area is 108 Å². The molecule has 0 saturated carbocycles. The number of aliphatic hydroxyl groups is 1.